The number of esters is 1. The van der Waals surface area contributed by atoms with Crippen molar-refractivity contribution in [2.45, 2.75) is 13.3 Å². The van der Waals surface area contributed by atoms with Crippen LogP contribution in [0.1, 0.15) is 13.3 Å². The van der Waals surface area contributed by atoms with Crippen LogP contribution in [0.15, 0.2) is 0 Å². The molecule has 5 nitrogen and oxygen atoms in total. The molecule has 0 bridgehead atoms. The van der Waals surface area contributed by atoms with Gasteiger partial charge >= 0.3 is 5.97 Å². The summed E-state index contributed by atoms with van der Waals surface area (Å²) >= 11 is 0. The SMILES string of the molecule is COC(=O)CCN(OC)C(C)=O. The molecule has 0 saturated heterocycles. The Bertz CT molecular complexity index is 169. The number of methoxy groups -OCH3 is 1. The predicted molar refractivity (Wildman–Crippen MR) is 41.0 cm³/mol. The van der Waals surface area contributed by atoms with E-state index in [1.807, 2.05) is 0 Å². The van der Waals surface area contributed by atoms with Gasteiger partial charge in [-0.25, -0.2) is 5.06 Å². The van der Waals surface area contributed by atoms with E-state index in [-0.39, 0.29) is 24.8 Å². The number of amides is 1. The van der Waals surface area contributed by atoms with Crippen LogP contribution in [0.4, 0.5) is 0 Å². The molecule has 0 rings (SSSR count). The zero-order valence-corrected chi connectivity index (χ0v) is 7.49. The lowest BCUT2D eigenvalue weighted by atomic mass is 10.4. The van der Waals surface area contributed by atoms with Crippen molar-refractivity contribution in [2.24, 2.45) is 0 Å². The molecule has 0 heterocycles. The number of hydroxylamine groups is 2. The van der Waals surface area contributed by atoms with Gasteiger partial charge in [0.05, 0.1) is 27.2 Å². The van der Waals surface area contributed by atoms with Crippen LogP contribution in [0.3, 0.4) is 0 Å². The Morgan fingerprint density at radius 1 is 1.33 bits per heavy atom. The Balaban J connectivity index is 3.73. The Morgan fingerprint density at radius 3 is 2.25 bits per heavy atom. The molecule has 12 heavy (non-hydrogen) atoms. The van der Waals surface area contributed by atoms with E-state index < -0.39 is 0 Å². The molecule has 0 spiro atoms. The summed E-state index contributed by atoms with van der Waals surface area (Å²) in [6, 6.07) is 0. The maximum atomic E-state index is 10.7. The molecular formula is C7H13NO4. The highest BCUT2D eigenvalue weighted by atomic mass is 16.7. The zero-order valence-electron chi connectivity index (χ0n) is 7.49. The van der Waals surface area contributed by atoms with E-state index >= 15 is 0 Å². The summed E-state index contributed by atoms with van der Waals surface area (Å²) in [6.07, 6.45) is 0.143. The summed E-state index contributed by atoms with van der Waals surface area (Å²) in [7, 11) is 2.67. The topological polar surface area (TPSA) is 55.8 Å². The van der Waals surface area contributed by atoms with Crippen LogP contribution in [0.2, 0.25) is 0 Å². The smallest absolute Gasteiger partial charge is 0.307 e. The number of nitrogens with zero attached hydrogens (tertiary/aromatic N) is 1. The third-order valence-electron chi connectivity index (χ3n) is 1.32. The standard InChI is InChI=1S/C7H13NO4/c1-6(9)8(12-3)5-4-7(10)11-2/h4-5H2,1-3H3. The number of hydrogen-bond donors (Lipinski definition) is 0. The first-order valence-corrected chi connectivity index (χ1v) is 3.50. The van der Waals surface area contributed by atoms with E-state index in [0.717, 1.165) is 5.06 Å². The highest BCUT2D eigenvalue weighted by Crippen LogP contribution is 1.93. The lowest BCUT2D eigenvalue weighted by molar-refractivity contribution is -0.175. The van der Waals surface area contributed by atoms with Crippen LogP contribution in [-0.2, 0) is 19.2 Å². The van der Waals surface area contributed by atoms with Crippen LogP contribution in [0.5, 0.6) is 0 Å². The molecule has 70 valence electrons. The van der Waals surface area contributed by atoms with Gasteiger partial charge in [0.15, 0.2) is 0 Å². The lowest BCUT2D eigenvalue weighted by Crippen LogP contribution is -2.29. The number of hydrogen-bond acceptors (Lipinski definition) is 4. The molecule has 1 amide bonds. The second-order valence-corrected chi connectivity index (χ2v) is 2.13. The molecule has 0 fully saturated rings. The fourth-order valence-corrected chi connectivity index (χ4v) is 0.672. The van der Waals surface area contributed by atoms with Crippen molar-refractivity contribution in [3.05, 3.63) is 0 Å². The number of carbonyl (C=O) groups is 2. The fourth-order valence-electron chi connectivity index (χ4n) is 0.672. The van der Waals surface area contributed by atoms with Gasteiger partial charge in [-0.2, -0.15) is 0 Å². The molecule has 0 N–H and O–H groups in total. The van der Waals surface area contributed by atoms with Gasteiger partial charge in [-0.05, 0) is 0 Å². The summed E-state index contributed by atoms with van der Waals surface area (Å²) in [5.74, 6) is -0.597. The Labute approximate surface area is 71.2 Å². The van der Waals surface area contributed by atoms with Crippen molar-refractivity contribution in [1.82, 2.24) is 5.06 Å². The Hall–Kier alpha value is -1.10. The highest BCUT2D eigenvalue weighted by molar-refractivity contribution is 5.73. The average molecular weight is 175 g/mol. The number of carbonyl (C=O) groups excluding carboxylic acids is 2. The van der Waals surface area contributed by atoms with Gasteiger partial charge < -0.3 is 4.74 Å². The first-order valence-electron chi connectivity index (χ1n) is 3.50. The van der Waals surface area contributed by atoms with Crippen molar-refractivity contribution in [3.63, 3.8) is 0 Å². The normalized spacial score (nSPS) is 9.25. The zero-order chi connectivity index (χ0) is 9.56. The van der Waals surface area contributed by atoms with E-state index in [1.165, 1.54) is 21.1 Å². The van der Waals surface area contributed by atoms with Crippen molar-refractivity contribution in [1.29, 1.82) is 0 Å². The summed E-state index contributed by atoms with van der Waals surface area (Å²) in [5.41, 5.74) is 0. The van der Waals surface area contributed by atoms with Gasteiger partial charge in [0.25, 0.3) is 0 Å². The molecule has 0 aromatic heterocycles. The van der Waals surface area contributed by atoms with Crippen molar-refractivity contribution >= 4 is 11.9 Å². The van der Waals surface area contributed by atoms with Gasteiger partial charge in [0, 0.05) is 6.92 Å². The van der Waals surface area contributed by atoms with Crippen LogP contribution in [0.25, 0.3) is 0 Å². The summed E-state index contributed by atoms with van der Waals surface area (Å²) in [5, 5.41) is 1.09. The van der Waals surface area contributed by atoms with E-state index in [2.05, 4.69) is 9.57 Å². The van der Waals surface area contributed by atoms with Gasteiger partial charge in [-0.15, -0.1) is 0 Å². The molecule has 0 atom stereocenters. The molecule has 5 heteroatoms. The second kappa shape index (κ2) is 5.54. The highest BCUT2D eigenvalue weighted by Gasteiger charge is 2.09. The second-order valence-electron chi connectivity index (χ2n) is 2.13. The van der Waals surface area contributed by atoms with E-state index in [9.17, 15) is 9.59 Å². The quantitative estimate of drug-likeness (QED) is 0.444. The maximum Gasteiger partial charge on any atom is 0.307 e. The Kier molecular flexibility index (Phi) is 5.03. The van der Waals surface area contributed by atoms with Crippen LogP contribution in [0, 0.1) is 0 Å². The van der Waals surface area contributed by atoms with Gasteiger partial charge in [0.1, 0.15) is 0 Å². The van der Waals surface area contributed by atoms with E-state index in [0.29, 0.717) is 0 Å². The minimum absolute atomic E-state index is 0.143. The maximum absolute atomic E-state index is 10.7. The Morgan fingerprint density at radius 2 is 1.92 bits per heavy atom. The third kappa shape index (κ3) is 3.92. The van der Waals surface area contributed by atoms with Gasteiger partial charge in [-0.3, -0.25) is 14.4 Å². The lowest BCUT2D eigenvalue weighted by Gasteiger charge is -2.16. The number of ether oxygens (including phenoxy) is 1. The first-order chi connectivity index (χ1) is 5.61. The molecule has 0 saturated carbocycles. The average Bonchev–Trinajstić information content (AvgIpc) is 2.04. The largest absolute Gasteiger partial charge is 0.469 e. The van der Waals surface area contributed by atoms with Gasteiger partial charge in [0.2, 0.25) is 5.91 Å². The van der Waals surface area contributed by atoms with Crippen molar-refractivity contribution in [2.75, 3.05) is 20.8 Å². The van der Waals surface area contributed by atoms with E-state index in [4.69, 9.17) is 0 Å². The molecule has 0 aromatic rings. The van der Waals surface area contributed by atoms with Crippen molar-refractivity contribution in [3.8, 4) is 0 Å². The van der Waals surface area contributed by atoms with Crippen LogP contribution >= 0.6 is 0 Å². The van der Waals surface area contributed by atoms with Crippen LogP contribution < -0.4 is 0 Å². The minimum atomic E-state index is -0.363. The third-order valence-corrected chi connectivity index (χ3v) is 1.32. The molecule has 0 radical (unpaired) electrons. The fraction of sp³-hybridized carbons (Fsp3) is 0.714. The predicted octanol–water partition coefficient (Wildman–Crippen LogP) is -0.0406. The minimum Gasteiger partial charge on any atom is -0.469 e. The molecule has 0 aliphatic heterocycles. The molecule has 0 unspecified atom stereocenters. The van der Waals surface area contributed by atoms with Crippen LogP contribution in [-0.4, -0.2) is 37.7 Å². The summed E-state index contributed by atoms with van der Waals surface area (Å²) < 4.78 is 4.39. The summed E-state index contributed by atoms with van der Waals surface area (Å²) in [4.78, 5) is 26.0. The molecule has 0 aliphatic rings. The van der Waals surface area contributed by atoms with Crippen molar-refractivity contribution < 1.29 is 19.2 Å². The van der Waals surface area contributed by atoms with Gasteiger partial charge in [-0.1, -0.05) is 0 Å². The molecular weight excluding hydrogens is 162 g/mol. The molecule has 0 aliphatic carbocycles. The number of rotatable bonds is 4. The molecule has 0 aromatic carbocycles. The summed E-state index contributed by atoms with van der Waals surface area (Å²) in [6.45, 7) is 1.58. The van der Waals surface area contributed by atoms with E-state index in [1.54, 1.807) is 0 Å². The monoisotopic (exact) mass is 175 g/mol. The first kappa shape index (κ1) is 10.9.